The SMILES string of the molecule is CCCCC[C@@H]1CC=C(B(O)O)CC1. The fourth-order valence-electron chi connectivity index (χ4n) is 2.09. The van der Waals surface area contributed by atoms with Gasteiger partial charge in [-0.15, -0.1) is 0 Å². The van der Waals surface area contributed by atoms with Gasteiger partial charge in [0, 0.05) is 0 Å². The predicted octanol–water partition coefficient (Wildman–Crippen LogP) is 2.31. The topological polar surface area (TPSA) is 40.5 Å². The van der Waals surface area contributed by atoms with E-state index < -0.39 is 7.12 Å². The quantitative estimate of drug-likeness (QED) is 0.523. The molecule has 1 aliphatic carbocycles. The van der Waals surface area contributed by atoms with Crippen LogP contribution in [0.15, 0.2) is 11.5 Å². The largest absolute Gasteiger partial charge is 0.483 e. The first kappa shape index (κ1) is 11.8. The van der Waals surface area contributed by atoms with Crippen molar-refractivity contribution >= 4 is 7.12 Å². The van der Waals surface area contributed by atoms with Crippen molar-refractivity contribution in [2.75, 3.05) is 0 Å². The first-order valence-corrected chi connectivity index (χ1v) is 5.79. The Hall–Kier alpha value is -0.275. The Balaban J connectivity index is 2.21. The Morgan fingerprint density at radius 1 is 1.43 bits per heavy atom. The number of allylic oxidation sites excluding steroid dienone is 2. The number of hydrogen-bond acceptors (Lipinski definition) is 2. The third-order valence-corrected chi connectivity index (χ3v) is 3.10. The van der Waals surface area contributed by atoms with Crippen LogP contribution < -0.4 is 0 Å². The standard InChI is InChI=1S/C11H21BO2/c1-2-3-4-5-10-6-8-11(9-7-10)12(13)14/h8,10,13-14H,2-7,9H2,1H3/t10-/m1/s1. The van der Waals surface area contributed by atoms with E-state index in [1.54, 1.807) is 0 Å². The van der Waals surface area contributed by atoms with Crippen LogP contribution in [0.1, 0.15) is 51.9 Å². The molecule has 0 radical (unpaired) electrons. The second-order valence-corrected chi connectivity index (χ2v) is 4.29. The molecule has 0 spiro atoms. The van der Waals surface area contributed by atoms with Gasteiger partial charge in [0.15, 0.2) is 0 Å². The molecule has 0 fully saturated rings. The van der Waals surface area contributed by atoms with Gasteiger partial charge in [-0.2, -0.15) is 0 Å². The summed E-state index contributed by atoms with van der Waals surface area (Å²) >= 11 is 0. The first-order chi connectivity index (χ1) is 6.74. The van der Waals surface area contributed by atoms with Crippen LogP contribution >= 0.6 is 0 Å². The van der Waals surface area contributed by atoms with E-state index in [4.69, 9.17) is 10.0 Å². The summed E-state index contributed by atoms with van der Waals surface area (Å²) in [4.78, 5) is 0. The molecule has 3 heteroatoms. The molecule has 0 aromatic carbocycles. The van der Waals surface area contributed by atoms with E-state index in [9.17, 15) is 0 Å². The zero-order valence-electron chi connectivity index (χ0n) is 9.08. The zero-order valence-corrected chi connectivity index (χ0v) is 9.08. The van der Waals surface area contributed by atoms with E-state index in [-0.39, 0.29) is 0 Å². The molecule has 0 aromatic rings. The summed E-state index contributed by atoms with van der Waals surface area (Å²) in [6.45, 7) is 2.22. The lowest BCUT2D eigenvalue weighted by Crippen LogP contribution is -2.19. The first-order valence-electron chi connectivity index (χ1n) is 5.79. The van der Waals surface area contributed by atoms with E-state index in [1.165, 1.54) is 25.7 Å². The van der Waals surface area contributed by atoms with Gasteiger partial charge in [0.05, 0.1) is 0 Å². The smallest absolute Gasteiger partial charge is 0.423 e. The van der Waals surface area contributed by atoms with Gasteiger partial charge in [0.2, 0.25) is 0 Å². The molecule has 0 aromatic heterocycles. The average molecular weight is 196 g/mol. The molecule has 0 saturated carbocycles. The molecule has 1 aliphatic rings. The highest BCUT2D eigenvalue weighted by atomic mass is 16.4. The van der Waals surface area contributed by atoms with Crippen molar-refractivity contribution in [2.24, 2.45) is 5.92 Å². The normalized spacial score (nSPS) is 21.9. The van der Waals surface area contributed by atoms with E-state index in [1.807, 2.05) is 6.08 Å². The van der Waals surface area contributed by atoms with Gasteiger partial charge in [-0.3, -0.25) is 0 Å². The van der Waals surface area contributed by atoms with Crippen LogP contribution in [0.4, 0.5) is 0 Å². The molecule has 14 heavy (non-hydrogen) atoms. The highest BCUT2D eigenvalue weighted by Crippen LogP contribution is 2.27. The molecule has 0 saturated heterocycles. The fourth-order valence-corrected chi connectivity index (χ4v) is 2.09. The molecule has 2 nitrogen and oxygen atoms in total. The maximum Gasteiger partial charge on any atom is 0.483 e. The molecule has 0 amide bonds. The fraction of sp³-hybridized carbons (Fsp3) is 0.818. The monoisotopic (exact) mass is 196 g/mol. The number of hydrogen-bond donors (Lipinski definition) is 2. The minimum absolute atomic E-state index is 0.782. The summed E-state index contributed by atoms with van der Waals surface area (Å²) in [5.74, 6) is 0.782. The molecule has 1 rings (SSSR count). The van der Waals surface area contributed by atoms with Crippen molar-refractivity contribution in [1.82, 2.24) is 0 Å². The summed E-state index contributed by atoms with van der Waals surface area (Å²) in [5.41, 5.74) is 0.816. The van der Waals surface area contributed by atoms with Gasteiger partial charge >= 0.3 is 7.12 Å². The average Bonchev–Trinajstić information content (AvgIpc) is 2.19. The Kier molecular flexibility index (Phi) is 5.27. The predicted molar refractivity (Wildman–Crippen MR) is 59.8 cm³/mol. The lowest BCUT2D eigenvalue weighted by Gasteiger charge is -2.21. The second kappa shape index (κ2) is 6.25. The summed E-state index contributed by atoms with van der Waals surface area (Å²) in [6, 6.07) is 0. The van der Waals surface area contributed by atoms with E-state index in [0.717, 1.165) is 30.7 Å². The highest BCUT2D eigenvalue weighted by Gasteiger charge is 2.20. The molecule has 80 valence electrons. The van der Waals surface area contributed by atoms with Crippen LogP contribution in [0.3, 0.4) is 0 Å². The Morgan fingerprint density at radius 3 is 2.71 bits per heavy atom. The van der Waals surface area contributed by atoms with Crippen LogP contribution in [0, 0.1) is 5.92 Å². The third kappa shape index (κ3) is 3.85. The summed E-state index contributed by atoms with van der Waals surface area (Å²) < 4.78 is 0. The van der Waals surface area contributed by atoms with Gasteiger partial charge in [0.1, 0.15) is 0 Å². The molecule has 0 unspecified atom stereocenters. The van der Waals surface area contributed by atoms with Crippen LogP contribution in [-0.4, -0.2) is 17.2 Å². The van der Waals surface area contributed by atoms with Crippen molar-refractivity contribution in [3.63, 3.8) is 0 Å². The minimum Gasteiger partial charge on any atom is -0.423 e. The molecule has 0 aliphatic heterocycles. The zero-order chi connectivity index (χ0) is 10.4. The van der Waals surface area contributed by atoms with Crippen molar-refractivity contribution in [1.29, 1.82) is 0 Å². The van der Waals surface area contributed by atoms with Crippen molar-refractivity contribution in [3.05, 3.63) is 11.5 Å². The number of unbranched alkanes of at least 4 members (excludes halogenated alkanes) is 2. The van der Waals surface area contributed by atoms with Crippen LogP contribution in [0.5, 0.6) is 0 Å². The summed E-state index contributed by atoms with van der Waals surface area (Å²) in [5, 5.41) is 17.9. The Labute approximate surface area is 87.2 Å². The lowest BCUT2D eigenvalue weighted by atomic mass is 9.71. The highest BCUT2D eigenvalue weighted by molar-refractivity contribution is 6.50. The van der Waals surface area contributed by atoms with Crippen LogP contribution in [-0.2, 0) is 0 Å². The van der Waals surface area contributed by atoms with Gasteiger partial charge in [0.25, 0.3) is 0 Å². The van der Waals surface area contributed by atoms with Gasteiger partial charge < -0.3 is 10.0 Å². The molecule has 0 heterocycles. The summed E-state index contributed by atoms with van der Waals surface area (Å²) in [7, 11) is -1.22. The maximum atomic E-state index is 8.96. The van der Waals surface area contributed by atoms with Crippen LogP contribution in [0.2, 0.25) is 0 Å². The van der Waals surface area contributed by atoms with E-state index in [0.29, 0.717) is 0 Å². The second-order valence-electron chi connectivity index (χ2n) is 4.29. The van der Waals surface area contributed by atoms with E-state index >= 15 is 0 Å². The molecule has 0 bridgehead atoms. The third-order valence-electron chi connectivity index (χ3n) is 3.10. The Bertz CT molecular complexity index is 190. The minimum atomic E-state index is -1.22. The van der Waals surface area contributed by atoms with Crippen molar-refractivity contribution < 1.29 is 10.0 Å². The van der Waals surface area contributed by atoms with Crippen molar-refractivity contribution in [2.45, 2.75) is 51.9 Å². The summed E-state index contributed by atoms with van der Waals surface area (Å²) in [6.07, 6.45) is 10.3. The lowest BCUT2D eigenvalue weighted by molar-refractivity contribution is 0.391. The van der Waals surface area contributed by atoms with Crippen molar-refractivity contribution in [3.8, 4) is 0 Å². The number of rotatable bonds is 5. The molecular formula is C11H21BO2. The molecule has 2 N–H and O–H groups in total. The molecular weight excluding hydrogens is 175 g/mol. The maximum absolute atomic E-state index is 8.96. The van der Waals surface area contributed by atoms with Crippen LogP contribution in [0.25, 0.3) is 0 Å². The van der Waals surface area contributed by atoms with Gasteiger partial charge in [-0.25, -0.2) is 0 Å². The Morgan fingerprint density at radius 2 is 2.21 bits per heavy atom. The van der Waals surface area contributed by atoms with Gasteiger partial charge in [-0.05, 0) is 30.7 Å². The van der Waals surface area contributed by atoms with Gasteiger partial charge in [-0.1, -0.05) is 38.7 Å². The molecule has 1 atom stereocenters. The van der Waals surface area contributed by atoms with E-state index in [2.05, 4.69) is 6.92 Å².